The Labute approximate surface area is 682 Å². The zero-order chi connectivity index (χ0) is 82.0. The van der Waals surface area contributed by atoms with Crippen LogP contribution in [0.3, 0.4) is 0 Å². The van der Waals surface area contributed by atoms with Crippen molar-refractivity contribution in [3.05, 3.63) is 324 Å². The Morgan fingerprint density at radius 2 is 0.585 bits per heavy atom. The molecule has 16 heteroatoms. The van der Waals surface area contributed by atoms with E-state index in [-0.39, 0.29) is 25.5 Å². The van der Waals surface area contributed by atoms with Gasteiger partial charge in [0.05, 0.1) is 26.4 Å². The predicted molar refractivity (Wildman–Crippen MR) is 467 cm³/mol. The van der Waals surface area contributed by atoms with Crippen molar-refractivity contribution in [2.24, 2.45) is 0 Å². The molecule has 14 aromatic carbocycles. The first-order valence-corrected chi connectivity index (χ1v) is 38.8. The van der Waals surface area contributed by atoms with Crippen LogP contribution in [0.15, 0.2) is 279 Å². The zero-order valence-corrected chi connectivity index (χ0v) is 65.8. The Morgan fingerprint density at radius 3 is 0.966 bits per heavy atom. The number of carbonyl (C=O) groups is 6. The first kappa shape index (κ1) is 79.7. The van der Waals surface area contributed by atoms with Gasteiger partial charge in [-0.15, -0.1) is 0 Å². The van der Waals surface area contributed by atoms with Gasteiger partial charge in [-0.2, -0.15) is 0 Å². The van der Waals surface area contributed by atoms with Gasteiger partial charge >= 0.3 is 35.8 Å². The van der Waals surface area contributed by atoms with Crippen LogP contribution in [0.4, 0.5) is 0 Å². The Morgan fingerprint density at radius 1 is 0.280 bits per heavy atom. The van der Waals surface area contributed by atoms with E-state index >= 15 is 0 Å². The highest BCUT2D eigenvalue weighted by Crippen LogP contribution is 2.52. The van der Waals surface area contributed by atoms with Crippen LogP contribution in [0.2, 0.25) is 0 Å². The zero-order valence-electron chi connectivity index (χ0n) is 65.8. The van der Waals surface area contributed by atoms with Crippen LogP contribution >= 0.6 is 0 Å². The van der Waals surface area contributed by atoms with E-state index in [9.17, 15) is 28.8 Å². The second kappa shape index (κ2) is 37.4. The molecule has 0 unspecified atom stereocenters. The highest BCUT2D eigenvalue weighted by molar-refractivity contribution is 6.15. The molecule has 0 saturated carbocycles. The van der Waals surface area contributed by atoms with Crippen molar-refractivity contribution in [2.45, 2.75) is 41.5 Å². The molecular formula is C102H82O16. The lowest BCUT2D eigenvalue weighted by atomic mass is 9.87. The van der Waals surface area contributed by atoms with Crippen molar-refractivity contribution in [3.8, 4) is 67.9 Å². The third-order valence-electron chi connectivity index (χ3n) is 19.6. The fraction of sp³-hybridized carbons (Fsp3) is 0.118. The number of hydrogen-bond acceptors (Lipinski definition) is 16. The molecule has 0 aliphatic carbocycles. The highest BCUT2D eigenvalue weighted by Gasteiger charge is 2.28. The van der Waals surface area contributed by atoms with Crippen molar-refractivity contribution >= 4 is 137 Å². The monoisotopic (exact) mass is 1560 g/mol. The topological polar surface area (TPSA) is 195 Å². The number of benzene rings is 14. The molecule has 0 bridgehead atoms. The van der Waals surface area contributed by atoms with Crippen molar-refractivity contribution in [1.29, 1.82) is 0 Å². The van der Waals surface area contributed by atoms with Crippen LogP contribution in [0, 0.1) is 13.8 Å². The number of fused-ring (bicyclic) bond motifs is 16. The van der Waals surface area contributed by atoms with Gasteiger partial charge in [0.2, 0.25) is 13.6 Å². The average molecular weight is 1560 g/mol. The van der Waals surface area contributed by atoms with Crippen LogP contribution in [-0.2, 0) is 47.7 Å². The van der Waals surface area contributed by atoms with Crippen molar-refractivity contribution in [3.63, 3.8) is 0 Å². The van der Waals surface area contributed by atoms with Gasteiger partial charge < -0.3 is 47.4 Å². The Bertz CT molecular complexity index is 6010. The molecule has 0 N–H and O–H groups in total. The van der Waals surface area contributed by atoms with Gasteiger partial charge in [-0.1, -0.05) is 193 Å². The van der Waals surface area contributed by atoms with Gasteiger partial charge in [-0.3, -0.25) is 0 Å². The minimum Gasteiger partial charge on any atom is -0.463 e. The summed E-state index contributed by atoms with van der Waals surface area (Å²) in [6.07, 6.45) is 19.1. The first-order chi connectivity index (χ1) is 57.6. The summed E-state index contributed by atoms with van der Waals surface area (Å²) < 4.78 is 55.7. The van der Waals surface area contributed by atoms with E-state index in [1.165, 1.54) is 36.5 Å². The third-order valence-corrected chi connectivity index (χ3v) is 19.6. The smallest absolute Gasteiger partial charge is 0.336 e. The third kappa shape index (κ3) is 18.6. The molecule has 586 valence electrons. The number of esters is 6. The van der Waals surface area contributed by atoms with E-state index in [2.05, 4.69) is 24.3 Å². The molecule has 0 saturated heterocycles. The quantitative estimate of drug-likeness (QED) is 0.0321. The molecule has 14 aromatic rings. The van der Waals surface area contributed by atoms with Crippen molar-refractivity contribution in [1.82, 2.24) is 0 Å². The van der Waals surface area contributed by atoms with Crippen LogP contribution in [-0.4, -0.2) is 75.8 Å². The van der Waals surface area contributed by atoms with Gasteiger partial charge in [-0.05, 0) is 237 Å². The summed E-state index contributed by atoms with van der Waals surface area (Å²) >= 11 is 0. The average Bonchev–Trinajstić information content (AvgIpc) is 1.37. The van der Waals surface area contributed by atoms with Crippen molar-refractivity contribution in [2.75, 3.05) is 40.0 Å². The Hall–Kier alpha value is -14.9. The fourth-order valence-corrected chi connectivity index (χ4v) is 14.3. The molecule has 0 atom stereocenters. The van der Waals surface area contributed by atoms with E-state index in [1.54, 1.807) is 88.4 Å². The van der Waals surface area contributed by atoms with E-state index in [1.807, 2.05) is 208 Å². The van der Waals surface area contributed by atoms with Crippen molar-refractivity contribution < 1.29 is 76.1 Å². The summed E-state index contributed by atoms with van der Waals surface area (Å²) in [6.45, 7) is 12.3. The molecule has 0 amide bonds. The second-order valence-corrected chi connectivity index (χ2v) is 27.4. The molecule has 2 aliphatic heterocycles. The summed E-state index contributed by atoms with van der Waals surface area (Å²) in [5.41, 5.74) is 12.5. The van der Waals surface area contributed by atoms with E-state index in [0.717, 1.165) is 143 Å². The first-order valence-electron chi connectivity index (χ1n) is 38.8. The summed E-state index contributed by atoms with van der Waals surface area (Å²) in [4.78, 5) is 73.6. The molecule has 2 aliphatic rings. The van der Waals surface area contributed by atoms with E-state index < -0.39 is 23.9 Å². The van der Waals surface area contributed by atoms with Crippen LogP contribution in [0.1, 0.15) is 72.2 Å². The summed E-state index contributed by atoms with van der Waals surface area (Å²) in [7, 11) is 0. The predicted octanol–water partition coefficient (Wildman–Crippen LogP) is 22.6. The molecule has 16 rings (SSSR count). The molecule has 0 fully saturated rings. The SMILES string of the molecule is CCOC(=O)/C=C\c1cc2ccccc2c2c1OCOc1c(/C=C\C(=O)OCC)cc3ccccc3c1-2.CCOC(=O)/C=C\c1ccc2ccc3c(c2c1)-c1c(ccc2ccc(/C=C\C(=O)OCC)cc12)OCO3.Cc1ccc(OC(=O)/C=C\c2ccc3ccccc3c2-c2c(/C=C\C(=O)Oc3ccc(C)cc3)ccc3ccccc23)cc1. The van der Waals surface area contributed by atoms with E-state index in [0.29, 0.717) is 60.9 Å². The van der Waals surface area contributed by atoms with Crippen LogP contribution in [0.5, 0.6) is 34.5 Å². The van der Waals surface area contributed by atoms with Gasteiger partial charge in [0.15, 0.2) is 0 Å². The Balaban J connectivity index is 0.000000146. The number of aryl methyl sites for hydroxylation is 2. The minimum atomic E-state index is -0.468. The maximum atomic E-state index is 12.8. The molecule has 16 nitrogen and oxygen atoms in total. The van der Waals surface area contributed by atoms with Gasteiger partial charge in [0.25, 0.3) is 0 Å². The number of ether oxygens (including phenoxy) is 10. The Kier molecular flexibility index (Phi) is 25.3. The molecule has 2 heterocycles. The van der Waals surface area contributed by atoms with Gasteiger partial charge in [0, 0.05) is 69.8 Å². The number of hydrogen-bond donors (Lipinski definition) is 0. The maximum Gasteiger partial charge on any atom is 0.336 e. The lowest BCUT2D eigenvalue weighted by Gasteiger charge is -2.17. The molecule has 0 radical (unpaired) electrons. The molecule has 118 heavy (non-hydrogen) atoms. The number of carbonyl (C=O) groups excluding carboxylic acids is 6. The largest absolute Gasteiger partial charge is 0.463 e. The second-order valence-electron chi connectivity index (χ2n) is 27.4. The van der Waals surface area contributed by atoms with E-state index in [4.69, 9.17) is 47.4 Å². The lowest BCUT2D eigenvalue weighted by molar-refractivity contribution is -0.138. The molecule has 0 aromatic heterocycles. The van der Waals surface area contributed by atoms with Crippen LogP contribution < -0.4 is 28.4 Å². The highest BCUT2D eigenvalue weighted by atomic mass is 16.7. The number of rotatable bonds is 19. The van der Waals surface area contributed by atoms with Gasteiger partial charge in [0.1, 0.15) is 34.5 Å². The molecule has 0 spiro atoms. The van der Waals surface area contributed by atoms with Crippen LogP contribution in [0.25, 0.3) is 134 Å². The summed E-state index contributed by atoms with van der Waals surface area (Å²) in [5.74, 6) is 1.05. The summed E-state index contributed by atoms with van der Waals surface area (Å²) in [5, 5.41) is 12.1. The lowest BCUT2D eigenvalue weighted by Crippen LogP contribution is -2.05. The van der Waals surface area contributed by atoms with Gasteiger partial charge in [-0.25, -0.2) is 28.8 Å². The fourth-order valence-electron chi connectivity index (χ4n) is 14.3. The molecular weight excluding hydrogens is 1480 g/mol. The summed E-state index contributed by atoms with van der Waals surface area (Å²) in [6, 6.07) is 79.1. The maximum absolute atomic E-state index is 12.8. The minimum absolute atomic E-state index is 0.0445. The normalized spacial score (nSPS) is 12.2. The standard InChI is InChI=1S/C40H30O4.2C31H26O6/c1-27-11-21-33(22-12-27)43-37(41)25-19-31-17-15-29-7-3-5-9-35(29)39(31)40-32(18-16-30-8-4-6-10-36(30)40)20-26-38(42)44-34-23-13-28(2)14-24-34;1-3-34-28(32)15-7-20-5-9-22-11-13-26-30(24(22)17-20)31-25-18-21(8-16-29(33)35-4-2)6-10-23(25)12-14-27(31)37-19-36-26;1-3-34-26(32)15-13-22-17-20-9-5-7-11-24(20)28-29-25-12-8-6-10-21(25)18-23(14-16-27(33)35-4-2)31(29)37-19-36-30(22)28/h3-26H,1-2H3;2*5-18H,3-4,19H2,1-2H3/b25-19-,26-20-;15-7-,16-8-;15-13-,16-14-.